The van der Waals surface area contributed by atoms with Crippen LogP contribution in [0.3, 0.4) is 0 Å². The quantitative estimate of drug-likeness (QED) is 0.911. The third-order valence-electron chi connectivity index (χ3n) is 2.33. The standard InChI is InChI=1S/C12H11ClN2O2/c1-8-11(15-7-17-8)12(16)14-6-9-2-4-10(13)5-3-9/h2-5,7H,6H2,1H3,(H,14,16). The van der Waals surface area contributed by atoms with E-state index in [4.69, 9.17) is 16.0 Å². The van der Waals surface area contributed by atoms with Crippen molar-refractivity contribution in [2.24, 2.45) is 0 Å². The van der Waals surface area contributed by atoms with Gasteiger partial charge in [0, 0.05) is 11.6 Å². The number of halogens is 1. The van der Waals surface area contributed by atoms with Crippen LogP contribution in [0.2, 0.25) is 5.02 Å². The van der Waals surface area contributed by atoms with Crippen LogP contribution in [0, 0.1) is 6.92 Å². The number of aryl methyl sites for hydroxylation is 1. The van der Waals surface area contributed by atoms with Crippen LogP contribution < -0.4 is 5.32 Å². The van der Waals surface area contributed by atoms with Gasteiger partial charge in [-0.1, -0.05) is 23.7 Å². The molecular formula is C12H11ClN2O2. The molecule has 0 bridgehead atoms. The summed E-state index contributed by atoms with van der Waals surface area (Å²) in [5.74, 6) is 0.268. The first-order valence-corrected chi connectivity index (χ1v) is 5.47. The van der Waals surface area contributed by atoms with Gasteiger partial charge < -0.3 is 9.73 Å². The molecular weight excluding hydrogens is 240 g/mol. The van der Waals surface area contributed by atoms with E-state index in [1.165, 1.54) is 6.39 Å². The lowest BCUT2D eigenvalue weighted by Crippen LogP contribution is -2.23. The summed E-state index contributed by atoms with van der Waals surface area (Å²) < 4.78 is 4.96. The zero-order valence-corrected chi connectivity index (χ0v) is 9.99. The average molecular weight is 251 g/mol. The van der Waals surface area contributed by atoms with Gasteiger partial charge >= 0.3 is 0 Å². The summed E-state index contributed by atoms with van der Waals surface area (Å²) in [7, 11) is 0. The molecule has 4 nitrogen and oxygen atoms in total. The minimum absolute atomic E-state index is 0.244. The van der Waals surface area contributed by atoms with Crippen molar-refractivity contribution in [3.8, 4) is 0 Å². The lowest BCUT2D eigenvalue weighted by atomic mass is 10.2. The van der Waals surface area contributed by atoms with E-state index >= 15 is 0 Å². The van der Waals surface area contributed by atoms with Crippen LogP contribution >= 0.6 is 11.6 Å². The number of rotatable bonds is 3. The summed E-state index contributed by atoms with van der Waals surface area (Å²) in [6.45, 7) is 2.13. The Morgan fingerprint density at radius 3 is 2.71 bits per heavy atom. The summed E-state index contributed by atoms with van der Waals surface area (Å²) in [6, 6.07) is 7.28. The molecule has 2 rings (SSSR count). The summed E-state index contributed by atoms with van der Waals surface area (Å²) >= 11 is 5.77. The van der Waals surface area contributed by atoms with Gasteiger partial charge in [-0.2, -0.15) is 0 Å². The van der Waals surface area contributed by atoms with E-state index in [2.05, 4.69) is 10.3 Å². The number of benzene rings is 1. The van der Waals surface area contributed by atoms with Gasteiger partial charge in [0.2, 0.25) is 0 Å². The Balaban J connectivity index is 1.97. The van der Waals surface area contributed by atoms with Crippen LogP contribution in [0.1, 0.15) is 21.8 Å². The Bertz CT molecular complexity index is 520. The highest BCUT2D eigenvalue weighted by Gasteiger charge is 2.12. The first kappa shape index (κ1) is 11.7. The fourth-order valence-electron chi connectivity index (χ4n) is 1.39. The van der Waals surface area contributed by atoms with Gasteiger partial charge in [0.05, 0.1) is 0 Å². The molecule has 0 unspecified atom stereocenters. The molecule has 1 amide bonds. The number of aromatic nitrogens is 1. The number of nitrogens with zero attached hydrogens (tertiary/aromatic N) is 1. The molecule has 0 fully saturated rings. The highest BCUT2D eigenvalue weighted by molar-refractivity contribution is 6.30. The fraction of sp³-hybridized carbons (Fsp3) is 0.167. The molecule has 1 aromatic heterocycles. The summed E-state index contributed by atoms with van der Waals surface area (Å²) in [4.78, 5) is 15.5. The predicted molar refractivity (Wildman–Crippen MR) is 63.9 cm³/mol. The molecule has 5 heteroatoms. The van der Waals surface area contributed by atoms with Crippen LogP contribution in [-0.2, 0) is 6.54 Å². The third-order valence-corrected chi connectivity index (χ3v) is 2.58. The second-order valence-electron chi connectivity index (χ2n) is 3.57. The van der Waals surface area contributed by atoms with Crippen LogP contribution in [0.25, 0.3) is 0 Å². The van der Waals surface area contributed by atoms with E-state index in [1.54, 1.807) is 19.1 Å². The normalized spacial score (nSPS) is 10.2. The van der Waals surface area contributed by atoms with E-state index in [0.29, 0.717) is 23.0 Å². The number of oxazole rings is 1. The molecule has 1 heterocycles. The monoisotopic (exact) mass is 250 g/mol. The summed E-state index contributed by atoms with van der Waals surface area (Å²) in [5.41, 5.74) is 1.29. The average Bonchev–Trinajstić information content (AvgIpc) is 2.74. The highest BCUT2D eigenvalue weighted by Crippen LogP contribution is 2.10. The maximum atomic E-state index is 11.7. The van der Waals surface area contributed by atoms with Gasteiger partial charge in [-0.15, -0.1) is 0 Å². The topological polar surface area (TPSA) is 55.1 Å². The zero-order valence-electron chi connectivity index (χ0n) is 9.24. The van der Waals surface area contributed by atoms with Gasteiger partial charge in [-0.25, -0.2) is 4.98 Å². The second kappa shape index (κ2) is 5.01. The molecule has 1 aromatic carbocycles. The number of carbonyl (C=O) groups is 1. The lowest BCUT2D eigenvalue weighted by Gasteiger charge is -2.03. The molecule has 0 saturated carbocycles. The third kappa shape index (κ3) is 2.85. The van der Waals surface area contributed by atoms with Crippen molar-refractivity contribution in [3.63, 3.8) is 0 Å². The molecule has 1 N–H and O–H groups in total. The minimum Gasteiger partial charge on any atom is -0.448 e. The lowest BCUT2D eigenvalue weighted by molar-refractivity contribution is 0.0945. The Labute approximate surface area is 104 Å². The van der Waals surface area contributed by atoms with E-state index in [0.717, 1.165) is 5.56 Å². The van der Waals surface area contributed by atoms with Crippen molar-refractivity contribution in [1.82, 2.24) is 10.3 Å². The van der Waals surface area contributed by atoms with Crippen molar-refractivity contribution in [2.45, 2.75) is 13.5 Å². The molecule has 0 spiro atoms. The first-order chi connectivity index (χ1) is 8.16. The Hall–Kier alpha value is -1.81. The van der Waals surface area contributed by atoms with Crippen molar-refractivity contribution >= 4 is 17.5 Å². The summed E-state index contributed by atoms with van der Waals surface area (Å²) in [5, 5.41) is 3.43. The molecule has 2 aromatic rings. The van der Waals surface area contributed by atoms with Crippen molar-refractivity contribution in [2.75, 3.05) is 0 Å². The smallest absolute Gasteiger partial charge is 0.273 e. The van der Waals surface area contributed by atoms with Crippen molar-refractivity contribution < 1.29 is 9.21 Å². The van der Waals surface area contributed by atoms with Crippen LogP contribution in [0.15, 0.2) is 35.1 Å². The maximum absolute atomic E-state index is 11.7. The molecule has 0 aliphatic heterocycles. The zero-order chi connectivity index (χ0) is 12.3. The number of amides is 1. The highest BCUT2D eigenvalue weighted by atomic mass is 35.5. The van der Waals surface area contributed by atoms with E-state index in [1.807, 2.05) is 12.1 Å². The number of carbonyl (C=O) groups excluding carboxylic acids is 1. The van der Waals surface area contributed by atoms with Gasteiger partial charge in [-0.3, -0.25) is 4.79 Å². The van der Waals surface area contributed by atoms with Gasteiger partial charge in [0.15, 0.2) is 12.1 Å². The largest absolute Gasteiger partial charge is 0.448 e. The minimum atomic E-state index is -0.244. The van der Waals surface area contributed by atoms with Crippen LogP contribution in [0.4, 0.5) is 0 Å². The number of nitrogens with one attached hydrogen (secondary N) is 1. The van der Waals surface area contributed by atoms with Crippen LogP contribution in [0.5, 0.6) is 0 Å². The molecule has 0 aliphatic rings. The Morgan fingerprint density at radius 1 is 1.41 bits per heavy atom. The van der Waals surface area contributed by atoms with Gasteiger partial charge in [-0.05, 0) is 24.6 Å². The molecule has 17 heavy (non-hydrogen) atoms. The second-order valence-corrected chi connectivity index (χ2v) is 4.00. The van der Waals surface area contributed by atoms with E-state index in [-0.39, 0.29) is 5.91 Å². The van der Waals surface area contributed by atoms with Crippen molar-refractivity contribution in [3.05, 3.63) is 52.7 Å². The molecule has 0 aliphatic carbocycles. The fourth-order valence-corrected chi connectivity index (χ4v) is 1.52. The summed E-state index contributed by atoms with van der Waals surface area (Å²) in [6.07, 6.45) is 1.26. The van der Waals surface area contributed by atoms with Crippen LogP contribution in [-0.4, -0.2) is 10.9 Å². The van der Waals surface area contributed by atoms with Gasteiger partial charge in [0.1, 0.15) is 5.76 Å². The first-order valence-electron chi connectivity index (χ1n) is 5.09. The SMILES string of the molecule is Cc1ocnc1C(=O)NCc1ccc(Cl)cc1. The Kier molecular flexibility index (Phi) is 3.44. The molecule has 88 valence electrons. The molecule has 0 saturated heterocycles. The van der Waals surface area contributed by atoms with Crippen molar-refractivity contribution in [1.29, 1.82) is 0 Å². The van der Waals surface area contributed by atoms with Gasteiger partial charge in [0.25, 0.3) is 5.91 Å². The molecule has 0 atom stereocenters. The maximum Gasteiger partial charge on any atom is 0.273 e. The molecule has 0 radical (unpaired) electrons. The predicted octanol–water partition coefficient (Wildman–Crippen LogP) is 2.57. The van der Waals surface area contributed by atoms with E-state index in [9.17, 15) is 4.79 Å². The number of hydrogen-bond donors (Lipinski definition) is 1. The Morgan fingerprint density at radius 2 is 2.12 bits per heavy atom. The van der Waals surface area contributed by atoms with E-state index < -0.39 is 0 Å². The number of hydrogen-bond acceptors (Lipinski definition) is 3.